The molecule has 3 heteroatoms. The standard InChI is InChI=1S/C24H39NO2/c1-5-6-9-23(26)25-21-15-13-20(14-16-21)12-10-19(2)11-17-22-8-7-18-24(3,4)27-22/h6,9-11,17,20-22H,5,7-8,12-16,18H2,1-4H3,(H,25,26)/b9-6-,17-11+,19-10+. The minimum Gasteiger partial charge on any atom is -0.368 e. The van der Waals surface area contributed by atoms with Gasteiger partial charge in [0.25, 0.3) is 0 Å². The molecule has 0 bridgehead atoms. The fourth-order valence-electron chi connectivity index (χ4n) is 4.09. The molecule has 1 heterocycles. The van der Waals surface area contributed by atoms with Crippen molar-refractivity contribution in [2.75, 3.05) is 0 Å². The van der Waals surface area contributed by atoms with Crippen LogP contribution in [0.3, 0.4) is 0 Å². The summed E-state index contributed by atoms with van der Waals surface area (Å²) in [7, 11) is 0. The fraction of sp³-hybridized carbons (Fsp3) is 0.708. The molecule has 2 fully saturated rings. The topological polar surface area (TPSA) is 38.3 Å². The van der Waals surface area contributed by atoms with Crippen LogP contribution in [-0.2, 0) is 9.53 Å². The number of carbonyl (C=O) groups excluding carboxylic acids is 1. The number of allylic oxidation sites excluding steroid dienone is 4. The van der Waals surface area contributed by atoms with Gasteiger partial charge in [-0.25, -0.2) is 0 Å². The quantitative estimate of drug-likeness (QED) is 0.448. The van der Waals surface area contributed by atoms with Gasteiger partial charge in [0.2, 0.25) is 5.91 Å². The van der Waals surface area contributed by atoms with E-state index in [0.717, 1.165) is 44.4 Å². The van der Waals surface area contributed by atoms with Crippen LogP contribution >= 0.6 is 0 Å². The second kappa shape index (κ2) is 10.8. The second-order valence-electron chi connectivity index (χ2n) is 8.89. The fourth-order valence-corrected chi connectivity index (χ4v) is 4.09. The number of carbonyl (C=O) groups is 1. The number of amides is 1. The molecule has 0 radical (unpaired) electrons. The van der Waals surface area contributed by atoms with E-state index in [4.69, 9.17) is 4.74 Å². The van der Waals surface area contributed by atoms with Crippen molar-refractivity contribution in [1.29, 1.82) is 0 Å². The van der Waals surface area contributed by atoms with Crippen molar-refractivity contribution in [1.82, 2.24) is 5.32 Å². The highest BCUT2D eigenvalue weighted by molar-refractivity contribution is 5.87. The monoisotopic (exact) mass is 373 g/mol. The summed E-state index contributed by atoms with van der Waals surface area (Å²) in [5.74, 6) is 0.812. The van der Waals surface area contributed by atoms with E-state index < -0.39 is 0 Å². The number of rotatable bonds is 7. The van der Waals surface area contributed by atoms with Crippen molar-refractivity contribution >= 4 is 5.91 Å². The average molecular weight is 374 g/mol. The van der Waals surface area contributed by atoms with Crippen LogP contribution in [0, 0.1) is 5.92 Å². The summed E-state index contributed by atoms with van der Waals surface area (Å²) in [5.41, 5.74) is 1.35. The normalized spacial score (nSPS) is 29.3. The maximum atomic E-state index is 11.8. The molecule has 3 nitrogen and oxygen atoms in total. The van der Waals surface area contributed by atoms with Crippen LogP contribution < -0.4 is 5.32 Å². The summed E-state index contributed by atoms with van der Waals surface area (Å²) < 4.78 is 6.13. The van der Waals surface area contributed by atoms with E-state index in [1.165, 1.54) is 24.8 Å². The third-order valence-corrected chi connectivity index (χ3v) is 5.78. The summed E-state index contributed by atoms with van der Waals surface area (Å²) in [6.45, 7) is 8.61. The van der Waals surface area contributed by atoms with Crippen molar-refractivity contribution < 1.29 is 9.53 Å². The van der Waals surface area contributed by atoms with E-state index in [-0.39, 0.29) is 17.6 Å². The van der Waals surface area contributed by atoms with Crippen LogP contribution in [0.1, 0.15) is 85.5 Å². The van der Waals surface area contributed by atoms with Crippen LogP contribution in [0.15, 0.2) is 36.0 Å². The number of ether oxygens (including phenoxy) is 1. The first kappa shape index (κ1) is 21.9. The van der Waals surface area contributed by atoms with Gasteiger partial charge in [0, 0.05) is 6.04 Å². The first-order chi connectivity index (χ1) is 12.9. The third kappa shape index (κ3) is 8.47. The van der Waals surface area contributed by atoms with E-state index in [1.807, 2.05) is 13.0 Å². The smallest absolute Gasteiger partial charge is 0.243 e. The molecule has 152 valence electrons. The SMILES string of the molecule is CC/C=C\C(=O)NC1CCC(C/C=C(C)/C=C/C2CCCC(C)(C)O2)CC1. The Bertz CT molecular complexity index is 551. The van der Waals surface area contributed by atoms with Crippen LogP contribution in [0.2, 0.25) is 0 Å². The van der Waals surface area contributed by atoms with Gasteiger partial charge in [0.15, 0.2) is 0 Å². The predicted octanol–water partition coefficient (Wildman–Crippen LogP) is 5.87. The third-order valence-electron chi connectivity index (χ3n) is 5.78. The summed E-state index contributed by atoms with van der Waals surface area (Å²) in [6, 6.07) is 0.354. The molecule has 0 spiro atoms. The average Bonchev–Trinajstić information content (AvgIpc) is 2.63. The van der Waals surface area contributed by atoms with E-state index in [9.17, 15) is 4.79 Å². The Kier molecular flexibility index (Phi) is 8.82. The van der Waals surface area contributed by atoms with Crippen molar-refractivity contribution in [2.45, 2.75) is 103 Å². The van der Waals surface area contributed by atoms with Crippen LogP contribution in [0.5, 0.6) is 0 Å². The van der Waals surface area contributed by atoms with Crippen molar-refractivity contribution in [3.63, 3.8) is 0 Å². The minimum absolute atomic E-state index is 0.0191. The molecule has 1 saturated carbocycles. The van der Waals surface area contributed by atoms with E-state index >= 15 is 0 Å². The zero-order valence-corrected chi connectivity index (χ0v) is 17.8. The van der Waals surface area contributed by atoms with Gasteiger partial charge in [-0.3, -0.25) is 4.79 Å². The molecule has 1 atom stereocenters. The molecule has 2 aliphatic rings. The van der Waals surface area contributed by atoms with Gasteiger partial charge in [-0.15, -0.1) is 0 Å². The Balaban J connectivity index is 1.69. The van der Waals surface area contributed by atoms with Crippen LogP contribution in [-0.4, -0.2) is 23.7 Å². The molecule has 1 amide bonds. The Morgan fingerprint density at radius 1 is 1.15 bits per heavy atom. The molecule has 1 aliphatic carbocycles. The van der Waals surface area contributed by atoms with Gasteiger partial charge in [0.1, 0.15) is 0 Å². The van der Waals surface area contributed by atoms with Gasteiger partial charge in [-0.1, -0.05) is 36.8 Å². The molecular weight excluding hydrogens is 334 g/mol. The molecule has 1 saturated heterocycles. The number of hydrogen-bond donors (Lipinski definition) is 1. The molecule has 1 unspecified atom stereocenters. The molecular formula is C24H39NO2. The Morgan fingerprint density at radius 3 is 2.56 bits per heavy atom. The maximum Gasteiger partial charge on any atom is 0.243 e. The molecule has 0 aromatic rings. The lowest BCUT2D eigenvalue weighted by molar-refractivity contribution is -0.117. The first-order valence-corrected chi connectivity index (χ1v) is 10.9. The Morgan fingerprint density at radius 2 is 1.89 bits per heavy atom. The summed E-state index contributed by atoms with van der Waals surface area (Å²) in [6.07, 6.45) is 20.9. The highest BCUT2D eigenvalue weighted by atomic mass is 16.5. The highest BCUT2D eigenvalue weighted by Crippen LogP contribution is 2.29. The van der Waals surface area contributed by atoms with Gasteiger partial charge >= 0.3 is 0 Å². The molecule has 1 N–H and O–H groups in total. The summed E-state index contributed by atoms with van der Waals surface area (Å²) >= 11 is 0. The van der Waals surface area contributed by atoms with Gasteiger partial charge < -0.3 is 10.1 Å². The van der Waals surface area contributed by atoms with Gasteiger partial charge in [0.05, 0.1) is 11.7 Å². The Hall–Kier alpha value is -1.35. The summed E-state index contributed by atoms with van der Waals surface area (Å²) in [5, 5.41) is 3.14. The lowest BCUT2D eigenvalue weighted by atomic mass is 9.83. The van der Waals surface area contributed by atoms with E-state index in [2.05, 4.69) is 44.3 Å². The first-order valence-electron chi connectivity index (χ1n) is 10.9. The maximum absolute atomic E-state index is 11.8. The number of nitrogens with one attached hydrogen (secondary N) is 1. The van der Waals surface area contributed by atoms with Crippen molar-refractivity contribution in [2.24, 2.45) is 5.92 Å². The Labute approximate surface area is 166 Å². The zero-order valence-electron chi connectivity index (χ0n) is 17.8. The molecule has 0 aromatic carbocycles. The van der Waals surface area contributed by atoms with Crippen LogP contribution in [0.25, 0.3) is 0 Å². The number of hydrogen-bond acceptors (Lipinski definition) is 2. The minimum atomic E-state index is 0.0191. The molecule has 2 rings (SSSR count). The molecule has 0 aromatic heterocycles. The van der Waals surface area contributed by atoms with Crippen molar-refractivity contribution in [3.05, 3.63) is 36.0 Å². The van der Waals surface area contributed by atoms with E-state index in [0.29, 0.717) is 6.04 Å². The van der Waals surface area contributed by atoms with E-state index in [1.54, 1.807) is 6.08 Å². The van der Waals surface area contributed by atoms with Gasteiger partial charge in [-0.2, -0.15) is 0 Å². The lowest BCUT2D eigenvalue weighted by Gasteiger charge is -2.34. The predicted molar refractivity (Wildman–Crippen MR) is 114 cm³/mol. The van der Waals surface area contributed by atoms with Crippen molar-refractivity contribution in [3.8, 4) is 0 Å². The zero-order chi connectivity index (χ0) is 19.7. The molecule has 27 heavy (non-hydrogen) atoms. The summed E-state index contributed by atoms with van der Waals surface area (Å²) in [4.78, 5) is 11.8. The van der Waals surface area contributed by atoms with Crippen LogP contribution in [0.4, 0.5) is 0 Å². The molecule has 1 aliphatic heterocycles. The highest BCUT2D eigenvalue weighted by Gasteiger charge is 2.26. The largest absolute Gasteiger partial charge is 0.368 e. The lowest BCUT2D eigenvalue weighted by Crippen LogP contribution is -2.36. The van der Waals surface area contributed by atoms with Gasteiger partial charge in [-0.05, 0) is 90.6 Å². The second-order valence-corrected chi connectivity index (χ2v) is 8.89.